The average Bonchev–Trinajstić information content (AvgIpc) is 2.86. The maximum atomic E-state index is 13.4. The van der Waals surface area contributed by atoms with E-state index in [1.165, 1.54) is 12.3 Å². The molecule has 2 rings (SSSR count). The van der Waals surface area contributed by atoms with Gasteiger partial charge in [-0.2, -0.15) is 0 Å². The number of halogens is 1. The predicted molar refractivity (Wildman–Crippen MR) is 53.6 cm³/mol. The molecule has 1 amide bonds. The van der Waals surface area contributed by atoms with Crippen molar-refractivity contribution in [1.29, 1.82) is 0 Å². The highest BCUT2D eigenvalue weighted by Crippen LogP contribution is 2.29. The van der Waals surface area contributed by atoms with Crippen LogP contribution in [0, 0.1) is 11.7 Å². The summed E-state index contributed by atoms with van der Waals surface area (Å²) in [5.74, 6) is -0.929. The third kappa shape index (κ3) is 1.91. The van der Waals surface area contributed by atoms with Crippen molar-refractivity contribution in [2.75, 3.05) is 5.73 Å². The number of hydrogen-bond donors (Lipinski definition) is 2. The molecular weight excluding hydrogens is 197 g/mol. The van der Waals surface area contributed by atoms with Crippen LogP contribution in [-0.4, -0.2) is 16.9 Å². The molecule has 1 saturated carbocycles. The summed E-state index contributed by atoms with van der Waals surface area (Å²) in [6, 6.07) is 1.50. The monoisotopic (exact) mass is 209 g/mol. The van der Waals surface area contributed by atoms with Crippen LogP contribution in [0.2, 0.25) is 0 Å². The minimum absolute atomic E-state index is 0.0402. The first-order valence-electron chi connectivity index (χ1n) is 4.80. The SMILES string of the molecule is CC1CC1NC(=O)c1ccnc(N)c1F. The van der Waals surface area contributed by atoms with E-state index in [1.807, 2.05) is 6.92 Å². The van der Waals surface area contributed by atoms with E-state index in [4.69, 9.17) is 5.73 Å². The molecule has 0 radical (unpaired) electrons. The Bertz CT molecular complexity index is 408. The summed E-state index contributed by atoms with van der Waals surface area (Å²) in [7, 11) is 0. The molecule has 4 nitrogen and oxygen atoms in total. The Kier molecular flexibility index (Phi) is 2.30. The smallest absolute Gasteiger partial charge is 0.254 e. The number of anilines is 1. The maximum absolute atomic E-state index is 13.4. The molecule has 0 aliphatic heterocycles. The Morgan fingerprint density at radius 2 is 2.40 bits per heavy atom. The summed E-state index contributed by atoms with van der Waals surface area (Å²) < 4.78 is 13.4. The van der Waals surface area contributed by atoms with E-state index in [0.717, 1.165) is 6.42 Å². The van der Waals surface area contributed by atoms with Gasteiger partial charge in [-0.25, -0.2) is 9.37 Å². The van der Waals surface area contributed by atoms with Crippen molar-refractivity contribution in [2.24, 2.45) is 5.92 Å². The number of hydrogen-bond acceptors (Lipinski definition) is 3. The second-order valence-electron chi connectivity index (χ2n) is 3.85. The standard InChI is InChI=1S/C10H12FN3O/c1-5-4-7(5)14-10(15)6-2-3-13-9(12)8(6)11/h2-3,5,7H,4H2,1H3,(H2,12,13)(H,14,15). The van der Waals surface area contributed by atoms with Crippen LogP contribution in [0.4, 0.5) is 10.2 Å². The zero-order valence-corrected chi connectivity index (χ0v) is 8.33. The van der Waals surface area contributed by atoms with Crippen LogP contribution >= 0.6 is 0 Å². The third-order valence-corrected chi connectivity index (χ3v) is 2.59. The van der Waals surface area contributed by atoms with Crippen LogP contribution < -0.4 is 11.1 Å². The Morgan fingerprint density at radius 1 is 1.73 bits per heavy atom. The fraction of sp³-hybridized carbons (Fsp3) is 0.400. The first-order chi connectivity index (χ1) is 7.09. The quantitative estimate of drug-likeness (QED) is 0.761. The Labute approximate surface area is 86.7 Å². The number of aromatic nitrogens is 1. The van der Waals surface area contributed by atoms with E-state index < -0.39 is 11.7 Å². The summed E-state index contributed by atoms with van der Waals surface area (Å²) >= 11 is 0. The fourth-order valence-electron chi connectivity index (χ4n) is 1.40. The molecule has 1 heterocycles. The van der Waals surface area contributed by atoms with Gasteiger partial charge in [0.1, 0.15) is 0 Å². The Balaban J connectivity index is 2.14. The second-order valence-corrected chi connectivity index (χ2v) is 3.85. The number of nitrogens with one attached hydrogen (secondary N) is 1. The number of carbonyl (C=O) groups excluding carboxylic acids is 1. The molecule has 2 unspecified atom stereocenters. The molecule has 1 aromatic heterocycles. The van der Waals surface area contributed by atoms with Gasteiger partial charge in [-0.15, -0.1) is 0 Å². The van der Waals surface area contributed by atoms with Gasteiger partial charge in [0.25, 0.3) is 5.91 Å². The first-order valence-corrected chi connectivity index (χ1v) is 4.80. The molecule has 80 valence electrons. The van der Waals surface area contributed by atoms with Crippen molar-refractivity contribution in [2.45, 2.75) is 19.4 Å². The first kappa shape index (κ1) is 9.89. The lowest BCUT2D eigenvalue weighted by atomic mass is 10.2. The van der Waals surface area contributed by atoms with Gasteiger partial charge < -0.3 is 11.1 Å². The van der Waals surface area contributed by atoms with Crippen LogP contribution in [0.15, 0.2) is 12.3 Å². The summed E-state index contributed by atoms with van der Waals surface area (Å²) in [6.07, 6.45) is 2.28. The zero-order chi connectivity index (χ0) is 11.0. The van der Waals surface area contributed by atoms with Crippen LogP contribution in [0.5, 0.6) is 0 Å². The van der Waals surface area contributed by atoms with Crippen molar-refractivity contribution < 1.29 is 9.18 Å². The zero-order valence-electron chi connectivity index (χ0n) is 8.33. The van der Waals surface area contributed by atoms with Gasteiger partial charge in [-0.3, -0.25) is 4.79 Å². The number of rotatable bonds is 2. The van der Waals surface area contributed by atoms with Gasteiger partial charge in [0.2, 0.25) is 0 Å². The molecule has 3 N–H and O–H groups in total. The summed E-state index contributed by atoms with van der Waals surface area (Å²) in [5, 5.41) is 2.73. The molecular formula is C10H12FN3O. The number of pyridine rings is 1. The van der Waals surface area contributed by atoms with E-state index in [-0.39, 0.29) is 17.4 Å². The largest absolute Gasteiger partial charge is 0.381 e. The molecule has 5 heteroatoms. The maximum Gasteiger partial charge on any atom is 0.254 e. The summed E-state index contributed by atoms with van der Waals surface area (Å²) in [4.78, 5) is 15.1. The van der Waals surface area contributed by atoms with E-state index >= 15 is 0 Å². The van der Waals surface area contributed by atoms with Crippen LogP contribution in [0.25, 0.3) is 0 Å². The van der Waals surface area contributed by atoms with E-state index in [2.05, 4.69) is 10.3 Å². The van der Waals surface area contributed by atoms with Crippen molar-refractivity contribution in [1.82, 2.24) is 10.3 Å². The lowest BCUT2D eigenvalue weighted by Gasteiger charge is -2.05. The van der Waals surface area contributed by atoms with Crippen molar-refractivity contribution in [3.8, 4) is 0 Å². The molecule has 15 heavy (non-hydrogen) atoms. The van der Waals surface area contributed by atoms with E-state index in [1.54, 1.807) is 0 Å². The van der Waals surface area contributed by atoms with Gasteiger partial charge >= 0.3 is 0 Å². The lowest BCUT2D eigenvalue weighted by molar-refractivity contribution is 0.0945. The Hall–Kier alpha value is -1.65. The molecule has 0 bridgehead atoms. The van der Waals surface area contributed by atoms with E-state index in [9.17, 15) is 9.18 Å². The van der Waals surface area contributed by atoms with E-state index in [0.29, 0.717) is 5.92 Å². The summed E-state index contributed by atoms with van der Waals surface area (Å²) in [5.41, 5.74) is 5.23. The molecule has 1 fully saturated rings. The van der Waals surface area contributed by atoms with Crippen LogP contribution in [-0.2, 0) is 0 Å². The highest BCUT2D eigenvalue weighted by Gasteiger charge is 2.34. The van der Waals surface area contributed by atoms with Crippen molar-refractivity contribution >= 4 is 11.7 Å². The summed E-state index contributed by atoms with van der Waals surface area (Å²) in [6.45, 7) is 2.03. The van der Waals surface area contributed by atoms with Crippen molar-refractivity contribution in [3.63, 3.8) is 0 Å². The number of nitrogens with zero attached hydrogens (tertiary/aromatic N) is 1. The topological polar surface area (TPSA) is 68.0 Å². The van der Waals surface area contributed by atoms with Crippen molar-refractivity contribution in [3.05, 3.63) is 23.6 Å². The van der Waals surface area contributed by atoms with Gasteiger partial charge in [-0.05, 0) is 18.4 Å². The second kappa shape index (κ2) is 3.49. The molecule has 2 atom stereocenters. The number of nitrogens with two attached hydrogens (primary N) is 1. The molecule has 0 spiro atoms. The highest BCUT2D eigenvalue weighted by atomic mass is 19.1. The minimum Gasteiger partial charge on any atom is -0.381 e. The molecule has 1 aromatic rings. The average molecular weight is 209 g/mol. The third-order valence-electron chi connectivity index (χ3n) is 2.59. The normalized spacial score (nSPS) is 23.6. The predicted octanol–water partition coefficient (Wildman–Crippen LogP) is 0.941. The Morgan fingerprint density at radius 3 is 3.00 bits per heavy atom. The molecule has 1 aliphatic carbocycles. The lowest BCUT2D eigenvalue weighted by Crippen LogP contribution is -2.27. The number of amides is 1. The number of carbonyl (C=O) groups is 1. The molecule has 0 aromatic carbocycles. The minimum atomic E-state index is -0.747. The highest BCUT2D eigenvalue weighted by molar-refractivity contribution is 5.95. The van der Waals surface area contributed by atoms with Crippen LogP contribution in [0.1, 0.15) is 23.7 Å². The van der Waals surface area contributed by atoms with Crippen LogP contribution in [0.3, 0.4) is 0 Å². The van der Waals surface area contributed by atoms with Gasteiger partial charge in [0.05, 0.1) is 5.56 Å². The molecule has 1 aliphatic rings. The number of nitrogen functional groups attached to an aromatic ring is 1. The fourth-order valence-corrected chi connectivity index (χ4v) is 1.40. The van der Waals surface area contributed by atoms with Gasteiger partial charge in [-0.1, -0.05) is 6.92 Å². The van der Waals surface area contributed by atoms with Gasteiger partial charge in [0, 0.05) is 12.2 Å². The van der Waals surface area contributed by atoms with Gasteiger partial charge in [0.15, 0.2) is 11.6 Å². The molecule has 0 saturated heterocycles.